The van der Waals surface area contributed by atoms with Gasteiger partial charge in [0.2, 0.25) is 17.7 Å². The lowest BCUT2D eigenvalue weighted by atomic mass is 10.0. The average molecular weight is 504 g/mol. The third-order valence-corrected chi connectivity index (χ3v) is 4.70. The van der Waals surface area contributed by atoms with E-state index in [4.69, 9.17) is 27.4 Å². The van der Waals surface area contributed by atoms with Gasteiger partial charge >= 0.3 is 11.9 Å². The van der Waals surface area contributed by atoms with E-state index in [9.17, 15) is 29.1 Å². The van der Waals surface area contributed by atoms with Gasteiger partial charge in [0.05, 0.1) is 18.6 Å². The molecule has 0 heterocycles. The minimum atomic E-state index is -1.71. The van der Waals surface area contributed by atoms with Gasteiger partial charge in [-0.3, -0.25) is 24.2 Å². The molecule has 5 atom stereocenters. The van der Waals surface area contributed by atoms with E-state index in [1.54, 1.807) is 13.8 Å². The fourth-order valence-electron chi connectivity index (χ4n) is 2.93. The molecule has 0 saturated heterocycles. The molecule has 0 bridgehead atoms. The van der Waals surface area contributed by atoms with Crippen LogP contribution in [0.25, 0.3) is 0 Å². The number of hydrogen-bond acceptors (Lipinski definition) is 8. The number of aliphatic imine (C=N–C) groups is 1. The summed E-state index contributed by atoms with van der Waals surface area (Å²) in [5, 5.41) is 34.8. The van der Waals surface area contributed by atoms with Gasteiger partial charge in [-0.25, -0.2) is 4.79 Å². The number of guanidine groups is 1. The predicted octanol–water partition coefficient (Wildman–Crippen LogP) is -3.19. The van der Waals surface area contributed by atoms with Crippen molar-refractivity contribution in [3.63, 3.8) is 0 Å². The summed E-state index contributed by atoms with van der Waals surface area (Å²) in [5.41, 5.74) is 16.2. The molecule has 0 aromatic carbocycles. The third-order valence-electron chi connectivity index (χ3n) is 4.70. The Balaban J connectivity index is 5.33. The van der Waals surface area contributed by atoms with Gasteiger partial charge < -0.3 is 48.5 Å². The zero-order valence-corrected chi connectivity index (χ0v) is 20.1. The number of nitrogens with two attached hydrogens (primary N) is 3. The van der Waals surface area contributed by atoms with Gasteiger partial charge in [0.1, 0.15) is 18.1 Å². The second-order valence-electron chi connectivity index (χ2n) is 8.47. The summed E-state index contributed by atoms with van der Waals surface area (Å²) in [5.74, 6) is -5.79. The van der Waals surface area contributed by atoms with Crippen LogP contribution < -0.4 is 33.2 Å². The highest BCUT2D eigenvalue weighted by Gasteiger charge is 2.33. The molecule has 35 heavy (non-hydrogen) atoms. The van der Waals surface area contributed by atoms with Crippen LogP contribution in [-0.2, 0) is 24.0 Å². The monoisotopic (exact) mass is 503 g/mol. The molecule has 5 unspecified atom stereocenters. The van der Waals surface area contributed by atoms with E-state index in [0.717, 1.165) is 0 Å². The topological polar surface area (TPSA) is 273 Å². The van der Waals surface area contributed by atoms with E-state index in [1.807, 2.05) is 0 Å². The van der Waals surface area contributed by atoms with E-state index >= 15 is 0 Å². The molecule has 0 radical (unpaired) electrons. The molecule has 0 aliphatic rings. The number of aliphatic carboxylic acids is 2. The van der Waals surface area contributed by atoms with Crippen molar-refractivity contribution >= 4 is 35.6 Å². The van der Waals surface area contributed by atoms with Crippen molar-refractivity contribution < 1.29 is 39.3 Å². The highest BCUT2D eigenvalue weighted by molar-refractivity contribution is 5.94. The summed E-state index contributed by atoms with van der Waals surface area (Å²) >= 11 is 0. The molecule has 0 aromatic rings. The van der Waals surface area contributed by atoms with Crippen LogP contribution >= 0.6 is 0 Å². The molecule has 0 saturated carbocycles. The Bertz CT molecular complexity index is 783. The first-order valence-corrected chi connectivity index (χ1v) is 11.0. The summed E-state index contributed by atoms with van der Waals surface area (Å²) in [4.78, 5) is 63.8. The standard InChI is InChI=1S/C20H37N7O8/c1-9(2)7-12(17(32)26-13(19(34)35)8-14(29)30)25-18(33)15(10(3)28)27-16(31)11(21)5-4-6-24-20(22)23/h9-13,15,28H,4-8,21H2,1-3H3,(H,25,33)(H,26,32)(H,27,31)(H,29,30)(H,34,35)(H4,22,23,24). The fourth-order valence-corrected chi connectivity index (χ4v) is 2.93. The zero-order chi connectivity index (χ0) is 27.3. The Morgan fingerprint density at radius 1 is 0.886 bits per heavy atom. The molecule has 0 aliphatic heterocycles. The lowest BCUT2D eigenvalue weighted by molar-refractivity contribution is -0.147. The quantitative estimate of drug-likeness (QED) is 0.0574. The number of carboxylic acids is 2. The van der Waals surface area contributed by atoms with Crippen LogP contribution in [-0.4, -0.2) is 87.8 Å². The Kier molecular flexibility index (Phi) is 13.9. The van der Waals surface area contributed by atoms with Gasteiger partial charge in [0.15, 0.2) is 5.96 Å². The smallest absolute Gasteiger partial charge is 0.326 e. The lowest BCUT2D eigenvalue weighted by Crippen LogP contribution is -2.60. The SMILES string of the molecule is CC(C)CC(NC(=O)C(NC(=O)C(N)CCCN=C(N)N)C(C)O)C(=O)NC(CC(=O)O)C(=O)O. The number of aliphatic hydroxyl groups is 1. The molecule has 0 fully saturated rings. The average Bonchev–Trinajstić information content (AvgIpc) is 2.72. The molecule has 15 nitrogen and oxygen atoms in total. The lowest BCUT2D eigenvalue weighted by Gasteiger charge is -2.27. The summed E-state index contributed by atoms with van der Waals surface area (Å²) in [6, 6.07) is -5.47. The van der Waals surface area contributed by atoms with Crippen molar-refractivity contribution in [3.8, 4) is 0 Å². The summed E-state index contributed by atoms with van der Waals surface area (Å²) in [6.45, 7) is 4.98. The number of carbonyl (C=O) groups is 5. The Labute approximate surface area is 202 Å². The molecular formula is C20H37N7O8. The molecule has 0 spiro atoms. The number of hydrogen-bond donors (Lipinski definition) is 9. The minimum absolute atomic E-state index is 0.0712. The van der Waals surface area contributed by atoms with E-state index in [1.165, 1.54) is 6.92 Å². The second kappa shape index (κ2) is 15.4. The molecule has 12 N–H and O–H groups in total. The summed E-state index contributed by atoms with van der Waals surface area (Å²) in [7, 11) is 0. The van der Waals surface area contributed by atoms with E-state index in [2.05, 4.69) is 20.9 Å². The number of rotatable bonds is 16. The van der Waals surface area contributed by atoms with Crippen molar-refractivity contribution in [2.45, 2.75) is 76.7 Å². The first-order chi connectivity index (χ1) is 16.1. The normalized spacial score (nSPS) is 15.1. The number of nitrogens with zero attached hydrogens (tertiary/aromatic N) is 1. The number of aliphatic hydroxyl groups excluding tert-OH is 1. The van der Waals surface area contributed by atoms with Gasteiger partial charge in [-0.05, 0) is 32.1 Å². The maximum Gasteiger partial charge on any atom is 0.326 e. The number of carboxylic acid groups (broad SMARTS) is 2. The van der Waals surface area contributed by atoms with Crippen LogP contribution in [0, 0.1) is 5.92 Å². The Hall–Kier alpha value is -3.46. The van der Waals surface area contributed by atoms with Gasteiger partial charge in [-0.15, -0.1) is 0 Å². The predicted molar refractivity (Wildman–Crippen MR) is 125 cm³/mol. The van der Waals surface area contributed by atoms with E-state index in [-0.39, 0.29) is 31.3 Å². The van der Waals surface area contributed by atoms with Gasteiger partial charge in [-0.2, -0.15) is 0 Å². The second-order valence-corrected chi connectivity index (χ2v) is 8.47. The van der Waals surface area contributed by atoms with Crippen LogP contribution in [0.15, 0.2) is 4.99 Å². The van der Waals surface area contributed by atoms with Crippen LogP contribution in [0.4, 0.5) is 0 Å². The maximum atomic E-state index is 12.8. The number of amides is 3. The minimum Gasteiger partial charge on any atom is -0.481 e. The molecule has 0 aromatic heterocycles. The van der Waals surface area contributed by atoms with Crippen molar-refractivity contribution in [1.82, 2.24) is 16.0 Å². The number of carbonyl (C=O) groups excluding carboxylic acids is 3. The molecule has 0 rings (SSSR count). The Morgan fingerprint density at radius 2 is 1.46 bits per heavy atom. The van der Waals surface area contributed by atoms with Gasteiger partial charge in [0, 0.05) is 6.54 Å². The maximum absolute atomic E-state index is 12.8. The largest absolute Gasteiger partial charge is 0.481 e. The van der Waals surface area contributed by atoms with Crippen molar-refractivity contribution in [3.05, 3.63) is 0 Å². The van der Waals surface area contributed by atoms with Crippen LogP contribution in [0.3, 0.4) is 0 Å². The molecule has 3 amide bonds. The van der Waals surface area contributed by atoms with Crippen molar-refractivity contribution in [2.24, 2.45) is 28.1 Å². The molecule has 15 heteroatoms. The summed E-state index contributed by atoms with van der Waals surface area (Å²) in [6.07, 6.45) is -1.58. The first kappa shape index (κ1) is 31.5. The van der Waals surface area contributed by atoms with Crippen molar-refractivity contribution in [2.75, 3.05) is 6.54 Å². The highest BCUT2D eigenvalue weighted by Crippen LogP contribution is 2.08. The summed E-state index contributed by atoms with van der Waals surface area (Å²) < 4.78 is 0. The van der Waals surface area contributed by atoms with E-state index < -0.39 is 66.4 Å². The molecule has 200 valence electrons. The van der Waals surface area contributed by atoms with Crippen LogP contribution in [0.5, 0.6) is 0 Å². The Morgan fingerprint density at radius 3 is 1.91 bits per heavy atom. The first-order valence-electron chi connectivity index (χ1n) is 11.0. The zero-order valence-electron chi connectivity index (χ0n) is 20.1. The van der Waals surface area contributed by atoms with Gasteiger partial charge in [0.25, 0.3) is 0 Å². The molecular weight excluding hydrogens is 466 g/mol. The molecule has 0 aliphatic carbocycles. The van der Waals surface area contributed by atoms with E-state index in [0.29, 0.717) is 6.42 Å². The highest BCUT2D eigenvalue weighted by atomic mass is 16.4. The number of nitrogens with one attached hydrogen (secondary N) is 3. The van der Waals surface area contributed by atoms with Gasteiger partial charge in [-0.1, -0.05) is 13.8 Å². The van der Waals surface area contributed by atoms with Crippen molar-refractivity contribution in [1.29, 1.82) is 0 Å². The third kappa shape index (κ3) is 13.1. The van der Waals surface area contributed by atoms with Crippen LogP contribution in [0.2, 0.25) is 0 Å². The van der Waals surface area contributed by atoms with Crippen LogP contribution in [0.1, 0.15) is 46.5 Å². The fraction of sp³-hybridized carbons (Fsp3) is 0.700.